The molecule has 6 heteroatoms. The van der Waals surface area contributed by atoms with Crippen LogP contribution in [0.2, 0.25) is 0 Å². The van der Waals surface area contributed by atoms with Crippen molar-refractivity contribution in [1.29, 1.82) is 5.26 Å². The van der Waals surface area contributed by atoms with Gasteiger partial charge in [-0.25, -0.2) is 4.39 Å². The van der Waals surface area contributed by atoms with E-state index in [0.717, 1.165) is 11.1 Å². The van der Waals surface area contributed by atoms with Crippen LogP contribution in [0, 0.1) is 24.1 Å². The molecule has 150 valence electrons. The summed E-state index contributed by atoms with van der Waals surface area (Å²) in [7, 11) is 0. The lowest BCUT2D eigenvalue weighted by Crippen LogP contribution is -2.13. The maximum Gasteiger partial charge on any atom is 0.266 e. The molecule has 3 aromatic rings. The highest BCUT2D eigenvalue weighted by molar-refractivity contribution is 9.10. The van der Waals surface area contributed by atoms with Gasteiger partial charge in [0.2, 0.25) is 0 Å². The molecular weight excluding hydrogens is 447 g/mol. The van der Waals surface area contributed by atoms with Gasteiger partial charge in [0.1, 0.15) is 29.8 Å². The first-order valence-electron chi connectivity index (χ1n) is 9.11. The molecule has 0 aromatic heterocycles. The van der Waals surface area contributed by atoms with Gasteiger partial charge in [0.05, 0.1) is 4.47 Å². The predicted octanol–water partition coefficient (Wildman–Crippen LogP) is 6.02. The molecule has 4 nitrogen and oxygen atoms in total. The first-order chi connectivity index (χ1) is 14.4. The fourth-order valence-electron chi connectivity index (χ4n) is 2.62. The van der Waals surface area contributed by atoms with Crippen molar-refractivity contribution in [2.24, 2.45) is 0 Å². The highest BCUT2D eigenvalue weighted by atomic mass is 79.9. The van der Waals surface area contributed by atoms with E-state index in [9.17, 15) is 14.4 Å². The van der Waals surface area contributed by atoms with Crippen molar-refractivity contribution in [3.63, 3.8) is 0 Å². The second-order valence-electron chi connectivity index (χ2n) is 6.59. The van der Waals surface area contributed by atoms with Crippen molar-refractivity contribution >= 4 is 33.6 Å². The molecule has 0 radical (unpaired) electrons. The standard InChI is InChI=1S/C24H18BrFN2O2/c1-16-2-9-21(10-3-16)28-24(29)19(14-27)12-18-6-11-23(22(25)13-18)30-15-17-4-7-20(26)8-5-17/h2-13H,15H2,1H3,(H,28,29)/b19-12-. The Hall–Kier alpha value is -3.43. The zero-order valence-electron chi connectivity index (χ0n) is 16.2. The van der Waals surface area contributed by atoms with E-state index in [-0.39, 0.29) is 18.0 Å². The summed E-state index contributed by atoms with van der Waals surface area (Å²) in [5.41, 5.74) is 3.20. The Morgan fingerprint density at radius 3 is 2.47 bits per heavy atom. The van der Waals surface area contributed by atoms with Gasteiger partial charge >= 0.3 is 0 Å². The van der Waals surface area contributed by atoms with E-state index in [4.69, 9.17) is 4.74 Å². The average Bonchev–Trinajstić information content (AvgIpc) is 2.74. The summed E-state index contributed by atoms with van der Waals surface area (Å²) >= 11 is 3.44. The summed E-state index contributed by atoms with van der Waals surface area (Å²) in [6, 6.07) is 20.6. The van der Waals surface area contributed by atoms with Crippen molar-refractivity contribution < 1.29 is 13.9 Å². The highest BCUT2D eigenvalue weighted by Gasteiger charge is 2.10. The Morgan fingerprint density at radius 1 is 1.13 bits per heavy atom. The molecule has 0 bridgehead atoms. The number of nitriles is 1. The second-order valence-corrected chi connectivity index (χ2v) is 7.45. The Kier molecular flexibility index (Phi) is 6.99. The van der Waals surface area contributed by atoms with Gasteiger partial charge in [-0.2, -0.15) is 5.26 Å². The van der Waals surface area contributed by atoms with Gasteiger partial charge in [-0.05, 0) is 76.5 Å². The lowest BCUT2D eigenvalue weighted by Gasteiger charge is -2.09. The fourth-order valence-corrected chi connectivity index (χ4v) is 3.13. The van der Waals surface area contributed by atoms with Crippen LogP contribution in [0.1, 0.15) is 16.7 Å². The molecule has 3 rings (SSSR count). The fraction of sp³-hybridized carbons (Fsp3) is 0.0833. The molecular formula is C24H18BrFN2O2. The second kappa shape index (κ2) is 9.86. The number of hydrogen-bond acceptors (Lipinski definition) is 3. The van der Waals surface area contributed by atoms with Crippen LogP contribution in [0.5, 0.6) is 5.75 Å². The molecule has 0 aliphatic heterocycles. The average molecular weight is 465 g/mol. The van der Waals surface area contributed by atoms with Crippen molar-refractivity contribution in [2.75, 3.05) is 5.32 Å². The number of amides is 1. The maximum absolute atomic E-state index is 13.0. The third-order valence-corrected chi connectivity index (χ3v) is 4.87. The number of hydrogen-bond donors (Lipinski definition) is 1. The molecule has 0 spiro atoms. The molecule has 0 atom stereocenters. The van der Waals surface area contributed by atoms with Crippen molar-refractivity contribution in [3.05, 3.63) is 99.3 Å². The minimum atomic E-state index is -0.478. The molecule has 30 heavy (non-hydrogen) atoms. The van der Waals surface area contributed by atoms with Gasteiger partial charge in [-0.15, -0.1) is 0 Å². The first kappa shape index (κ1) is 21.3. The van der Waals surface area contributed by atoms with E-state index in [1.54, 1.807) is 42.5 Å². The van der Waals surface area contributed by atoms with Gasteiger partial charge in [0.25, 0.3) is 5.91 Å². The van der Waals surface area contributed by atoms with Crippen molar-refractivity contribution in [2.45, 2.75) is 13.5 Å². The van der Waals surface area contributed by atoms with Crippen LogP contribution in [-0.4, -0.2) is 5.91 Å². The third kappa shape index (κ3) is 5.79. The van der Waals surface area contributed by atoms with E-state index in [0.29, 0.717) is 21.5 Å². The predicted molar refractivity (Wildman–Crippen MR) is 118 cm³/mol. The Labute approximate surface area is 182 Å². The smallest absolute Gasteiger partial charge is 0.266 e. The van der Waals surface area contributed by atoms with E-state index in [1.807, 2.05) is 25.1 Å². The number of carbonyl (C=O) groups excluding carboxylic acids is 1. The molecule has 1 N–H and O–H groups in total. The number of halogens is 2. The van der Waals surface area contributed by atoms with Gasteiger partial charge in [-0.1, -0.05) is 35.9 Å². The quantitative estimate of drug-likeness (QED) is 0.358. The van der Waals surface area contributed by atoms with E-state index < -0.39 is 5.91 Å². The van der Waals surface area contributed by atoms with E-state index >= 15 is 0 Å². The monoisotopic (exact) mass is 464 g/mol. The lowest BCUT2D eigenvalue weighted by molar-refractivity contribution is -0.112. The third-order valence-electron chi connectivity index (χ3n) is 4.25. The van der Waals surface area contributed by atoms with Crippen LogP contribution in [0.3, 0.4) is 0 Å². The Bertz CT molecular complexity index is 1120. The summed E-state index contributed by atoms with van der Waals surface area (Å²) in [6.07, 6.45) is 1.51. The number of aryl methyl sites for hydroxylation is 1. The topological polar surface area (TPSA) is 62.1 Å². The summed E-state index contributed by atoms with van der Waals surface area (Å²) in [5, 5.41) is 12.1. The van der Waals surface area contributed by atoms with Gasteiger partial charge in [0, 0.05) is 5.69 Å². The summed E-state index contributed by atoms with van der Waals surface area (Å²) in [5.74, 6) is -0.177. The molecule has 0 heterocycles. The zero-order valence-corrected chi connectivity index (χ0v) is 17.7. The summed E-state index contributed by atoms with van der Waals surface area (Å²) < 4.78 is 19.4. The largest absolute Gasteiger partial charge is 0.488 e. The summed E-state index contributed by atoms with van der Waals surface area (Å²) in [6.45, 7) is 2.24. The summed E-state index contributed by atoms with van der Waals surface area (Å²) in [4.78, 5) is 12.4. The maximum atomic E-state index is 13.0. The van der Waals surface area contributed by atoms with Crippen molar-refractivity contribution in [3.8, 4) is 11.8 Å². The van der Waals surface area contributed by atoms with Crippen LogP contribution in [0.15, 0.2) is 76.8 Å². The van der Waals surface area contributed by atoms with E-state index in [2.05, 4.69) is 21.2 Å². The number of anilines is 1. The highest BCUT2D eigenvalue weighted by Crippen LogP contribution is 2.28. The van der Waals surface area contributed by atoms with Crippen LogP contribution in [0.25, 0.3) is 6.08 Å². The molecule has 0 fully saturated rings. The number of carbonyl (C=O) groups is 1. The van der Waals surface area contributed by atoms with Gasteiger partial charge in [0.15, 0.2) is 0 Å². The van der Waals surface area contributed by atoms with Gasteiger partial charge < -0.3 is 10.1 Å². The lowest BCUT2D eigenvalue weighted by atomic mass is 10.1. The van der Waals surface area contributed by atoms with Crippen LogP contribution in [-0.2, 0) is 11.4 Å². The zero-order chi connectivity index (χ0) is 21.5. The number of rotatable bonds is 6. The van der Waals surface area contributed by atoms with Crippen LogP contribution in [0.4, 0.5) is 10.1 Å². The van der Waals surface area contributed by atoms with Crippen molar-refractivity contribution in [1.82, 2.24) is 0 Å². The Morgan fingerprint density at radius 2 is 1.83 bits per heavy atom. The molecule has 0 unspecified atom stereocenters. The molecule has 0 saturated carbocycles. The minimum absolute atomic E-state index is 0.0116. The molecule has 0 saturated heterocycles. The molecule has 3 aromatic carbocycles. The van der Waals surface area contributed by atoms with Crippen LogP contribution < -0.4 is 10.1 Å². The van der Waals surface area contributed by atoms with E-state index in [1.165, 1.54) is 18.2 Å². The molecule has 1 amide bonds. The number of ether oxygens (including phenoxy) is 1. The van der Waals surface area contributed by atoms with Gasteiger partial charge in [-0.3, -0.25) is 4.79 Å². The molecule has 0 aliphatic carbocycles. The Balaban J connectivity index is 1.69. The number of nitrogens with zero attached hydrogens (tertiary/aromatic N) is 1. The normalized spacial score (nSPS) is 10.9. The first-order valence-corrected chi connectivity index (χ1v) is 9.90. The molecule has 0 aliphatic rings. The number of nitrogens with one attached hydrogen (secondary N) is 1. The van der Waals surface area contributed by atoms with Crippen LogP contribution >= 0.6 is 15.9 Å². The SMILES string of the molecule is Cc1ccc(NC(=O)/C(C#N)=C\c2ccc(OCc3ccc(F)cc3)c(Br)c2)cc1. The minimum Gasteiger partial charge on any atom is -0.488 e. The number of benzene rings is 3.